The molecule has 1 unspecified atom stereocenters. The molecule has 0 aromatic heterocycles. The number of anilines is 1. The molecule has 0 saturated heterocycles. The number of esters is 1. The molecule has 27 heavy (non-hydrogen) atoms. The van der Waals surface area contributed by atoms with Gasteiger partial charge in [-0.05, 0) is 25.1 Å². The molecule has 0 bridgehead atoms. The van der Waals surface area contributed by atoms with Crippen molar-refractivity contribution in [2.24, 2.45) is 0 Å². The first-order valence-corrected chi connectivity index (χ1v) is 7.77. The number of nitro groups is 2. The second kappa shape index (κ2) is 8.23. The zero-order valence-electron chi connectivity index (χ0n) is 13.7. The summed E-state index contributed by atoms with van der Waals surface area (Å²) in [6.07, 6.45) is -1.25. The van der Waals surface area contributed by atoms with E-state index in [0.29, 0.717) is 0 Å². The van der Waals surface area contributed by atoms with Crippen molar-refractivity contribution < 1.29 is 24.2 Å². The minimum atomic E-state index is -1.25. The third kappa shape index (κ3) is 4.98. The molecule has 0 saturated carbocycles. The molecule has 1 atom stereocenters. The third-order valence-corrected chi connectivity index (χ3v) is 3.72. The van der Waals surface area contributed by atoms with Crippen molar-refractivity contribution in [3.63, 3.8) is 0 Å². The molecule has 0 spiro atoms. The number of nitrogens with one attached hydrogen (secondary N) is 1. The van der Waals surface area contributed by atoms with Gasteiger partial charge in [-0.3, -0.25) is 25.0 Å². The molecule has 0 aliphatic carbocycles. The predicted molar refractivity (Wildman–Crippen MR) is 94.7 cm³/mol. The average Bonchev–Trinajstić information content (AvgIpc) is 2.63. The first-order chi connectivity index (χ1) is 12.7. The van der Waals surface area contributed by atoms with Crippen LogP contribution >= 0.6 is 11.6 Å². The van der Waals surface area contributed by atoms with E-state index in [1.54, 1.807) is 0 Å². The highest BCUT2D eigenvalue weighted by Gasteiger charge is 2.21. The van der Waals surface area contributed by atoms with Gasteiger partial charge in [-0.15, -0.1) is 0 Å². The van der Waals surface area contributed by atoms with Crippen LogP contribution in [0.2, 0.25) is 5.02 Å². The van der Waals surface area contributed by atoms with Crippen LogP contribution in [0.15, 0.2) is 42.5 Å². The second-order valence-corrected chi connectivity index (χ2v) is 5.67. The SMILES string of the molecule is CC(OC(=O)c1ccc([N+](=O)[O-])cc1)C(=O)Nc1cc([N+](=O)[O-])ccc1Cl. The molecule has 1 N–H and O–H groups in total. The number of amides is 1. The van der Waals surface area contributed by atoms with Crippen molar-refractivity contribution in [1.82, 2.24) is 0 Å². The number of non-ortho nitro benzene ring substituents is 2. The van der Waals surface area contributed by atoms with Crippen LogP contribution < -0.4 is 5.32 Å². The molecular weight excluding hydrogens is 382 g/mol. The van der Waals surface area contributed by atoms with Crippen LogP contribution in [0.1, 0.15) is 17.3 Å². The van der Waals surface area contributed by atoms with Gasteiger partial charge in [0.15, 0.2) is 6.10 Å². The highest BCUT2D eigenvalue weighted by molar-refractivity contribution is 6.33. The molecule has 0 heterocycles. The summed E-state index contributed by atoms with van der Waals surface area (Å²) in [7, 11) is 0. The molecule has 10 nitrogen and oxygen atoms in total. The van der Waals surface area contributed by atoms with E-state index in [-0.39, 0.29) is 27.6 Å². The number of nitro benzene ring substituents is 2. The van der Waals surface area contributed by atoms with Crippen LogP contribution in [0, 0.1) is 20.2 Å². The fourth-order valence-corrected chi connectivity index (χ4v) is 2.12. The van der Waals surface area contributed by atoms with E-state index in [9.17, 15) is 29.8 Å². The molecule has 2 aromatic rings. The summed E-state index contributed by atoms with van der Waals surface area (Å²) >= 11 is 5.89. The van der Waals surface area contributed by atoms with Gasteiger partial charge in [0, 0.05) is 24.3 Å². The fourth-order valence-electron chi connectivity index (χ4n) is 1.96. The van der Waals surface area contributed by atoms with Gasteiger partial charge in [0.1, 0.15) is 0 Å². The molecule has 0 fully saturated rings. The highest BCUT2D eigenvalue weighted by atomic mass is 35.5. The zero-order valence-corrected chi connectivity index (χ0v) is 14.5. The summed E-state index contributed by atoms with van der Waals surface area (Å²) in [5, 5.41) is 23.8. The predicted octanol–water partition coefficient (Wildman–Crippen LogP) is 3.34. The number of ether oxygens (including phenoxy) is 1. The van der Waals surface area contributed by atoms with Crippen LogP contribution in [0.3, 0.4) is 0 Å². The average molecular weight is 394 g/mol. The van der Waals surface area contributed by atoms with Crippen LogP contribution in [0.5, 0.6) is 0 Å². The Hall–Kier alpha value is -3.53. The molecule has 11 heteroatoms. The van der Waals surface area contributed by atoms with E-state index in [4.69, 9.17) is 16.3 Å². The van der Waals surface area contributed by atoms with Crippen molar-refractivity contribution in [3.05, 3.63) is 73.3 Å². The standard InChI is InChI=1S/C16H12ClN3O7/c1-9(27-16(22)10-2-4-11(5-3-10)19(23)24)15(21)18-14-8-12(20(25)26)6-7-13(14)17/h2-9H,1H3,(H,18,21). The van der Waals surface area contributed by atoms with Gasteiger partial charge in [0.05, 0.1) is 26.1 Å². The van der Waals surface area contributed by atoms with Crippen molar-refractivity contribution in [3.8, 4) is 0 Å². The van der Waals surface area contributed by atoms with Crippen molar-refractivity contribution in [1.29, 1.82) is 0 Å². The molecule has 2 aromatic carbocycles. The lowest BCUT2D eigenvalue weighted by Crippen LogP contribution is -2.30. The number of hydrogen-bond acceptors (Lipinski definition) is 7. The number of rotatable bonds is 6. The number of halogens is 1. The van der Waals surface area contributed by atoms with Gasteiger partial charge in [-0.2, -0.15) is 0 Å². The van der Waals surface area contributed by atoms with E-state index < -0.39 is 27.8 Å². The highest BCUT2D eigenvalue weighted by Crippen LogP contribution is 2.27. The zero-order chi connectivity index (χ0) is 20.1. The van der Waals surface area contributed by atoms with Crippen LogP contribution in [-0.4, -0.2) is 27.8 Å². The monoisotopic (exact) mass is 393 g/mol. The lowest BCUT2D eigenvalue weighted by Gasteiger charge is -2.14. The quantitative estimate of drug-likeness (QED) is 0.450. The van der Waals surface area contributed by atoms with Crippen molar-refractivity contribution in [2.45, 2.75) is 13.0 Å². The Labute approximate surface area is 157 Å². The Morgan fingerprint density at radius 2 is 1.59 bits per heavy atom. The number of carbonyl (C=O) groups is 2. The van der Waals surface area contributed by atoms with Crippen LogP contribution in [-0.2, 0) is 9.53 Å². The largest absolute Gasteiger partial charge is 0.449 e. The van der Waals surface area contributed by atoms with Gasteiger partial charge in [-0.25, -0.2) is 4.79 Å². The first kappa shape index (κ1) is 19.8. The molecule has 2 rings (SSSR count). The van der Waals surface area contributed by atoms with Gasteiger partial charge >= 0.3 is 5.97 Å². The van der Waals surface area contributed by atoms with Crippen molar-refractivity contribution in [2.75, 3.05) is 5.32 Å². The van der Waals surface area contributed by atoms with Gasteiger partial charge in [0.25, 0.3) is 17.3 Å². The van der Waals surface area contributed by atoms with E-state index >= 15 is 0 Å². The summed E-state index contributed by atoms with van der Waals surface area (Å²) in [6.45, 7) is 1.30. The number of benzene rings is 2. The maximum atomic E-state index is 12.1. The van der Waals surface area contributed by atoms with Crippen molar-refractivity contribution >= 4 is 40.5 Å². The Morgan fingerprint density at radius 3 is 2.15 bits per heavy atom. The Bertz CT molecular complexity index is 915. The second-order valence-electron chi connectivity index (χ2n) is 5.26. The topological polar surface area (TPSA) is 142 Å². The molecule has 1 amide bonds. The van der Waals surface area contributed by atoms with E-state index in [1.807, 2.05) is 0 Å². The number of hydrogen-bond donors (Lipinski definition) is 1. The molecule has 0 aliphatic rings. The summed E-state index contributed by atoms with van der Waals surface area (Å²) in [6, 6.07) is 8.16. The van der Waals surface area contributed by atoms with Gasteiger partial charge in [-0.1, -0.05) is 11.6 Å². The lowest BCUT2D eigenvalue weighted by molar-refractivity contribution is -0.385. The maximum Gasteiger partial charge on any atom is 0.338 e. The summed E-state index contributed by atoms with van der Waals surface area (Å²) in [4.78, 5) is 44.3. The van der Waals surface area contributed by atoms with Gasteiger partial charge < -0.3 is 10.1 Å². The van der Waals surface area contributed by atoms with Crippen LogP contribution in [0.25, 0.3) is 0 Å². The Kier molecular flexibility index (Phi) is 6.03. The third-order valence-electron chi connectivity index (χ3n) is 3.39. The molecule has 0 radical (unpaired) electrons. The van der Waals surface area contributed by atoms with E-state index in [1.165, 1.54) is 31.2 Å². The van der Waals surface area contributed by atoms with E-state index in [2.05, 4.69) is 5.32 Å². The number of nitrogens with zero attached hydrogens (tertiary/aromatic N) is 2. The normalized spacial score (nSPS) is 11.3. The smallest absolute Gasteiger partial charge is 0.338 e. The molecule has 0 aliphatic heterocycles. The first-order valence-electron chi connectivity index (χ1n) is 7.39. The lowest BCUT2D eigenvalue weighted by atomic mass is 10.2. The molecule has 140 valence electrons. The maximum absolute atomic E-state index is 12.1. The minimum Gasteiger partial charge on any atom is -0.449 e. The minimum absolute atomic E-state index is 0.00546. The fraction of sp³-hybridized carbons (Fsp3) is 0.125. The van der Waals surface area contributed by atoms with E-state index in [0.717, 1.165) is 18.2 Å². The molecular formula is C16H12ClN3O7. The summed E-state index contributed by atoms with van der Waals surface area (Å²) in [5.74, 6) is -1.62. The Morgan fingerprint density at radius 1 is 1.04 bits per heavy atom. The Balaban J connectivity index is 2.05. The summed E-state index contributed by atoms with van der Waals surface area (Å²) in [5.41, 5.74) is -0.453. The number of carbonyl (C=O) groups excluding carboxylic acids is 2. The van der Waals surface area contributed by atoms with Crippen LogP contribution in [0.4, 0.5) is 17.1 Å². The van der Waals surface area contributed by atoms with Gasteiger partial charge in [0.2, 0.25) is 0 Å². The summed E-state index contributed by atoms with van der Waals surface area (Å²) < 4.78 is 4.99.